The van der Waals surface area contributed by atoms with Gasteiger partial charge in [0, 0.05) is 18.2 Å². The smallest absolute Gasteiger partial charge is 0.263 e. The summed E-state index contributed by atoms with van der Waals surface area (Å²) >= 11 is 2.21. The van der Waals surface area contributed by atoms with E-state index in [2.05, 4.69) is 44.8 Å². The largest absolute Gasteiger partial charge is 0.372 e. The molecule has 0 bridgehead atoms. The Balaban J connectivity index is 2.52. The van der Waals surface area contributed by atoms with Crippen LogP contribution in [0.15, 0.2) is 24.3 Å². The number of benzene rings is 1. The standard InChI is InChI=1S/C15H16F2IN3/c1-3-5-11-12(18)15(19-2)21-14(20-11)10-7-4-6-9(8-10)13(16)17/h4,6-8,13H,3,5H2,1-2H3,(H,19,20,21). The van der Waals surface area contributed by atoms with E-state index in [1.807, 2.05) is 0 Å². The molecule has 0 fully saturated rings. The molecule has 0 aliphatic heterocycles. The van der Waals surface area contributed by atoms with Crippen molar-refractivity contribution in [3.05, 3.63) is 39.1 Å². The van der Waals surface area contributed by atoms with Gasteiger partial charge in [0.2, 0.25) is 0 Å². The molecular weight excluding hydrogens is 387 g/mol. The molecule has 0 aliphatic rings. The van der Waals surface area contributed by atoms with E-state index in [-0.39, 0.29) is 5.56 Å². The van der Waals surface area contributed by atoms with Crippen molar-refractivity contribution in [3.63, 3.8) is 0 Å². The summed E-state index contributed by atoms with van der Waals surface area (Å²) in [5.41, 5.74) is 1.53. The van der Waals surface area contributed by atoms with Gasteiger partial charge in [0.05, 0.1) is 9.26 Å². The summed E-state index contributed by atoms with van der Waals surface area (Å²) < 4.78 is 26.6. The molecule has 3 nitrogen and oxygen atoms in total. The number of nitrogens with zero attached hydrogens (tertiary/aromatic N) is 2. The molecule has 1 aromatic carbocycles. The lowest BCUT2D eigenvalue weighted by molar-refractivity contribution is 0.151. The van der Waals surface area contributed by atoms with Crippen molar-refractivity contribution in [2.75, 3.05) is 12.4 Å². The van der Waals surface area contributed by atoms with Crippen molar-refractivity contribution in [3.8, 4) is 11.4 Å². The summed E-state index contributed by atoms with van der Waals surface area (Å²) in [6.45, 7) is 2.08. The Morgan fingerprint density at radius 1 is 1.29 bits per heavy atom. The molecule has 0 saturated heterocycles. The van der Waals surface area contributed by atoms with Gasteiger partial charge in [-0.05, 0) is 35.1 Å². The third-order valence-corrected chi connectivity index (χ3v) is 4.17. The van der Waals surface area contributed by atoms with Gasteiger partial charge in [-0.3, -0.25) is 0 Å². The van der Waals surface area contributed by atoms with Crippen molar-refractivity contribution >= 4 is 28.4 Å². The lowest BCUT2D eigenvalue weighted by atomic mass is 10.1. The summed E-state index contributed by atoms with van der Waals surface area (Å²) in [6, 6.07) is 6.22. The monoisotopic (exact) mass is 403 g/mol. The van der Waals surface area contributed by atoms with Crippen molar-refractivity contribution in [1.82, 2.24) is 9.97 Å². The number of halogens is 3. The minimum atomic E-state index is -2.49. The van der Waals surface area contributed by atoms with Gasteiger partial charge in [-0.1, -0.05) is 31.5 Å². The highest BCUT2D eigenvalue weighted by molar-refractivity contribution is 14.1. The maximum atomic E-state index is 12.8. The van der Waals surface area contributed by atoms with Crippen LogP contribution in [-0.2, 0) is 6.42 Å². The van der Waals surface area contributed by atoms with Crippen LogP contribution in [-0.4, -0.2) is 17.0 Å². The van der Waals surface area contributed by atoms with Crippen LogP contribution < -0.4 is 5.32 Å². The maximum absolute atomic E-state index is 12.8. The quantitative estimate of drug-likeness (QED) is 0.737. The second-order valence-corrected chi connectivity index (χ2v) is 5.66. The molecule has 2 aromatic rings. The van der Waals surface area contributed by atoms with Crippen LogP contribution in [0.3, 0.4) is 0 Å². The topological polar surface area (TPSA) is 37.8 Å². The van der Waals surface area contributed by atoms with E-state index in [9.17, 15) is 8.78 Å². The Labute approximate surface area is 136 Å². The number of nitrogens with one attached hydrogen (secondary N) is 1. The first-order valence-electron chi connectivity index (χ1n) is 6.69. The van der Waals surface area contributed by atoms with Gasteiger partial charge in [0.1, 0.15) is 5.82 Å². The third kappa shape index (κ3) is 3.66. The van der Waals surface area contributed by atoms with Gasteiger partial charge in [0.25, 0.3) is 6.43 Å². The number of hydrogen-bond donors (Lipinski definition) is 1. The molecule has 1 N–H and O–H groups in total. The highest BCUT2D eigenvalue weighted by Crippen LogP contribution is 2.27. The number of aryl methyl sites for hydroxylation is 1. The fourth-order valence-electron chi connectivity index (χ4n) is 2.00. The Kier molecular flexibility index (Phi) is 5.44. The molecule has 0 radical (unpaired) electrons. The second kappa shape index (κ2) is 7.11. The highest BCUT2D eigenvalue weighted by Gasteiger charge is 2.14. The molecule has 1 aromatic heterocycles. The Bertz CT molecular complexity index is 632. The number of alkyl halides is 2. The summed E-state index contributed by atoms with van der Waals surface area (Å²) in [6.07, 6.45) is -0.698. The van der Waals surface area contributed by atoms with Gasteiger partial charge in [-0.25, -0.2) is 18.7 Å². The molecule has 1 heterocycles. The summed E-state index contributed by atoms with van der Waals surface area (Å²) in [5.74, 6) is 1.21. The second-order valence-electron chi connectivity index (χ2n) is 4.58. The molecule has 0 unspecified atom stereocenters. The number of hydrogen-bond acceptors (Lipinski definition) is 3. The normalized spacial score (nSPS) is 11.0. The first-order chi connectivity index (χ1) is 10.1. The Morgan fingerprint density at radius 3 is 2.67 bits per heavy atom. The van der Waals surface area contributed by atoms with Crippen LogP contribution in [0.1, 0.15) is 31.0 Å². The summed E-state index contributed by atoms with van der Waals surface area (Å²) in [5, 5.41) is 3.03. The van der Waals surface area contributed by atoms with Crippen LogP contribution in [0, 0.1) is 3.57 Å². The predicted octanol–water partition coefficient (Wildman–Crippen LogP) is 4.68. The zero-order valence-electron chi connectivity index (χ0n) is 11.8. The van der Waals surface area contributed by atoms with E-state index in [4.69, 9.17) is 0 Å². The molecule has 21 heavy (non-hydrogen) atoms. The van der Waals surface area contributed by atoms with Crippen molar-refractivity contribution in [2.45, 2.75) is 26.2 Å². The van der Waals surface area contributed by atoms with Crippen LogP contribution in [0.25, 0.3) is 11.4 Å². The number of aromatic nitrogens is 2. The molecule has 0 saturated carbocycles. The zero-order chi connectivity index (χ0) is 15.4. The SMILES string of the molecule is CCCc1nc(-c2cccc(C(F)F)c2)nc(NC)c1I. The molecule has 0 atom stereocenters. The lowest BCUT2D eigenvalue weighted by Gasteiger charge is -2.11. The van der Waals surface area contributed by atoms with Crippen LogP contribution in [0.5, 0.6) is 0 Å². The summed E-state index contributed by atoms with van der Waals surface area (Å²) in [7, 11) is 1.79. The van der Waals surface area contributed by atoms with Crippen molar-refractivity contribution in [2.24, 2.45) is 0 Å². The lowest BCUT2D eigenvalue weighted by Crippen LogP contribution is -2.05. The van der Waals surface area contributed by atoms with E-state index < -0.39 is 6.43 Å². The zero-order valence-corrected chi connectivity index (χ0v) is 14.0. The van der Waals surface area contributed by atoms with Crippen molar-refractivity contribution in [1.29, 1.82) is 0 Å². The Hall–Kier alpha value is -1.31. The molecule has 112 valence electrons. The minimum Gasteiger partial charge on any atom is -0.372 e. The van der Waals surface area contributed by atoms with E-state index in [1.54, 1.807) is 19.2 Å². The maximum Gasteiger partial charge on any atom is 0.263 e. The van der Waals surface area contributed by atoms with Gasteiger partial charge in [0.15, 0.2) is 5.82 Å². The van der Waals surface area contributed by atoms with Crippen LogP contribution in [0.2, 0.25) is 0 Å². The molecule has 6 heteroatoms. The first-order valence-corrected chi connectivity index (χ1v) is 7.77. The highest BCUT2D eigenvalue weighted by atomic mass is 127. The molecule has 2 rings (SSSR count). The van der Waals surface area contributed by atoms with Crippen molar-refractivity contribution < 1.29 is 8.78 Å². The fraction of sp³-hybridized carbons (Fsp3) is 0.333. The first kappa shape index (κ1) is 16.1. The van der Waals surface area contributed by atoms with E-state index >= 15 is 0 Å². The number of anilines is 1. The van der Waals surface area contributed by atoms with Crippen LogP contribution >= 0.6 is 22.6 Å². The average molecular weight is 403 g/mol. The Morgan fingerprint density at radius 2 is 2.05 bits per heavy atom. The third-order valence-electron chi connectivity index (χ3n) is 3.04. The summed E-state index contributed by atoms with van der Waals surface area (Å²) in [4.78, 5) is 8.97. The minimum absolute atomic E-state index is 0.0160. The van der Waals surface area contributed by atoms with Gasteiger partial charge < -0.3 is 5.32 Å². The molecular formula is C15H16F2IN3. The number of rotatable bonds is 5. The molecule has 0 amide bonds. The average Bonchev–Trinajstić information content (AvgIpc) is 2.49. The van der Waals surface area contributed by atoms with Gasteiger partial charge in [-0.2, -0.15) is 0 Å². The van der Waals surface area contributed by atoms with Gasteiger partial charge >= 0.3 is 0 Å². The van der Waals surface area contributed by atoms with E-state index in [1.165, 1.54) is 12.1 Å². The van der Waals surface area contributed by atoms with E-state index in [0.717, 1.165) is 27.9 Å². The molecule has 0 spiro atoms. The van der Waals surface area contributed by atoms with E-state index in [0.29, 0.717) is 11.4 Å². The van der Waals surface area contributed by atoms with Crippen LogP contribution in [0.4, 0.5) is 14.6 Å². The fourth-order valence-corrected chi connectivity index (χ4v) is 2.78. The molecule has 0 aliphatic carbocycles. The predicted molar refractivity (Wildman–Crippen MR) is 88.7 cm³/mol. The van der Waals surface area contributed by atoms with Gasteiger partial charge in [-0.15, -0.1) is 0 Å².